The van der Waals surface area contributed by atoms with Gasteiger partial charge in [0.25, 0.3) is 0 Å². The minimum Gasteiger partial charge on any atom is -0.466 e. The maximum absolute atomic E-state index is 11.5. The molecule has 1 fully saturated rings. The summed E-state index contributed by atoms with van der Waals surface area (Å²) in [4.78, 5) is 13.9. The van der Waals surface area contributed by atoms with Gasteiger partial charge < -0.3 is 9.64 Å². The SMILES string of the molecule is CCCN1CCCC(C(=O)OCC)C1. The van der Waals surface area contributed by atoms with Gasteiger partial charge in [0, 0.05) is 6.54 Å². The Morgan fingerprint density at radius 3 is 2.93 bits per heavy atom. The standard InChI is InChI=1S/C11H21NO2/c1-3-7-12-8-5-6-10(9-12)11(13)14-4-2/h10H,3-9H2,1-2H3. The van der Waals surface area contributed by atoms with Crippen LogP contribution in [-0.2, 0) is 9.53 Å². The van der Waals surface area contributed by atoms with Crippen LogP contribution in [0.1, 0.15) is 33.1 Å². The summed E-state index contributed by atoms with van der Waals surface area (Å²) in [5, 5.41) is 0. The van der Waals surface area contributed by atoms with Crippen LogP contribution in [0.15, 0.2) is 0 Å². The van der Waals surface area contributed by atoms with Crippen LogP contribution < -0.4 is 0 Å². The van der Waals surface area contributed by atoms with Crippen LogP contribution in [0.2, 0.25) is 0 Å². The van der Waals surface area contributed by atoms with Crippen LogP contribution in [-0.4, -0.2) is 37.1 Å². The van der Waals surface area contributed by atoms with Crippen LogP contribution in [0.3, 0.4) is 0 Å². The van der Waals surface area contributed by atoms with Crippen LogP contribution >= 0.6 is 0 Å². The molecule has 0 radical (unpaired) electrons. The highest BCUT2D eigenvalue weighted by Gasteiger charge is 2.25. The second-order valence-electron chi connectivity index (χ2n) is 3.89. The molecule has 14 heavy (non-hydrogen) atoms. The van der Waals surface area contributed by atoms with Crippen LogP contribution in [0.5, 0.6) is 0 Å². The maximum Gasteiger partial charge on any atom is 0.310 e. The van der Waals surface area contributed by atoms with Gasteiger partial charge in [0.1, 0.15) is 0 Å². The molecule has 0 aromatic carbocycles. The molecule has 1 rings (SSSR count). The molecular weight excluding hydrogens is 178 g/mol. The van der Waals surface area contributed by atoms with Crippen molar-refractivity contribution >= 4 is 5.97 Å². The third-order valence-electron chi connectivity index (χ3n) is 2.67. The first-order valence-corrected chi connectivity index (χ1v) is 5.66. The number of nitrogens with zero attached hydrogens (tertiary/aromatic N) is 1. The van der Waals surface area contributed by atoms with Crippen molar-refractivity contribution in [1.82, 2.24) is 4.90 Å². The minimum absolute atomic E-state index is 0.00620. The van der Waals surface area contributed by atoms with E-state index in [0.29, 0.717) is 6.61 Å². The van der Waals surface area contributed by atoms with Crippen LogP contribution in [0.25, 0.3) is 0 Å². The lowest BCUT2D eigenvalue weighted by Crippen LogP contribution is -2.39. The van der Waals surface area contributed by atoms with Gasteiger partial charge in [0.05, 0.1) is 12.5 Å². The van der Waals surface area contributed by atoms with Crippen molar-refractivity contribution in [1.29, 1.82) is 0 Å². The normalized spacial score (nSPS) is 23.4. The smallest absolute Gasteiger partial charge is 0.310 e. The average Bonchev–Trinajstić information content (AvgIpc) is 2.19. The molecule has 3 nitrogen and oxygen atoms in total. The number of hydrogen-bond acceptors (Lipinski definition) is 3. The van der Waals surface area contributed by atoms with Crippen molar-refractivity contribution < 1.29 is 9.53 Å². The lowest BCUT2D eigenvalue weighted by Gasteiger charge is -2.31. The Kier molecular flexibility index (Phi) is 4.94. The Morgan fingerprint density at radius 1 is 1.50 bits per heavy atom. The Bertz CT molecular complexity index is 180. The van der Waals surface area contributed by atoms with Crippen molar-refractivity contribution in [2.75, 3.05) is 26.2 Å². The topological polar surface area (TPSA) is 29.5 Å². The van der Waals surface area contributed by atoms with E-state index in [-0.39, 0.29) is 11.9 Å². The minimum atomic E-state index is -0.00620. The van der Waals surface area contributed by atoms with Gasteiger partial charge in [-0.2, -0.15) is 0 Å². The molecule has 82 valence electrons. The second-order valence-corrected chi connectivity index (χ2v) is 3.89. The average molecular weight is 199 g/mol. The first-order valence-electron chi connectivity index (χ1n) is 5.66. The summed E-state index contributed by atoms with van der Waals surface area (Å²) in [7, 11) is 0. The lowest BCUT2D eigenvalue weighted by molar-refractivity contribution is -0.149. The van der Waals surface area contributed by atoms with E-state index in [1.807, 2.05) is 6.92 Å². The predicted molar refractivity (Wildman–Crippen MR) is 56.1 cm³/mol. The fourth-order valence-electron chi connectivity index (χ4n) is 2.03. The third-order valence-corrected chi connectivity index (χ3v) is 2.67. The number of hydrogen-bond donors (Lipinski definition) is 0. The monoisotopic (exact) mass is 199 g/mol. The first-order chi connectivity index (χ1) is 6.77. The highest BCUT2D eigenvalue weighted by molar-refractivity contribution is 5.72. The summed E-state index contributed by atoms with van der Waals surface area (Å²) in [6.07, 6.45) is 3.29. The largest absolute Gasteiger partial charge is 0.466 e. The molecule has 1 heterocycles. The van der Waals surface area contributed by atoms with Crippen molar-refractivity contribution in [3.8, 4) is 0 Å². The zero-order valence-corrected chi connectivity index (χ0v) is 9.29. The van der Waals surface area contributed by atoms with E-state index in [4.69, 9.17) is 4.74 Å². The number of piperidine rings is 1. The summed E-state index contributed by atoms with van der Waals surface area (Å²) in [5.41, 5.74) is 0. The third kappa shape index (κ3) is 3.29. The van der Waals surface area contributed by atoms with E-state index in [1.54, 1.807) is 0 Å². The van der Waals surface area contributed by atoms with E-state index in [0.717, 1.165) is 38.9 Å². The Hall–Kier alpha value is -0.570. The van der Waals surface area contributed by atoms with Crippen LogP contribution in [0.4, 0.5) is 0 Å². The lowest BCUT2D eigenvalue weighted by atomic mass is 9.98. The van der Waals surface area contributed by atoms with E-state index >= 15 is 0 Å². The van der Waals surface area contributed by atoms with E-state index in [2.05, 4.69) is 11.8 Å². The van der Waals surface area contributed by atoms with Crippen molar-refractivity contribution in [2.24, 2.45) is 5.92 Å². The summed E-state index contributed by atoms with van der Waals surface area (Å²) in [6, 6.07) is 0. The molecule has 0 aliphatic carbocycles. The molecule has 0 N–H and O–H groups in total. The first kappa shape index (κ1) is 11.5. The van der Waals surface area contributed by atoms with Gasteiger partial charge in [-0.3, -0.25) is 4.79 Å². The molecule has 1 unspecified atom stereocenters. The molecule has 1 atom stereocenters. The highest BCUT2D eigenvalue weighted by atomic mass is 16.5. The molecule has 0 aromatic heterocycles. The predicted octanol–water partition coefficient (Wildman–Crippen LogP) is 1.67. The molecule has 0 aromatic rings. The van der Waals surface area contributed by atoms with Gasteiger partial charge in [0.15, 0.2) is 0 Å². The Balaban J connectivity index is 2.35. The van der Waals surface area contributed by atoms with E-state index in [9.17, 15) is 4.79 Å². The zero-order valence-electron chi connectivity index (χ0n) is 9.29. The Morgan fingerprint density at radius 2 is 2.29 bits per heavy atom. The zero-order chi connectivity index (χ0) is 10.4. The number of ether oxygens (including phenoxy) is 1. The number of likely N-dealkylation sites (tertiary alicyclic amines) is 1. The molecule has 0 spiro atoms. The number of carbonyl (C=O) groups is 1. The van der Waals surface area contributed by atoms with Gasteiger partial charge in [-0.25, -0.2) is 0 Å². The fourth-order valence-corrected chi connectivity index (χ4v) is 2.03. The van der Waals surface area contributed by atoms with Gasteiger partial charge in [0.2, 0.25) is 0 Å². The van der Waals surface area contributed by atoms with Crippen molar-refractivity contribution in [3.63, 3.8) is 0 Å². The van der Waals surface area contributed by atoms with E-state index in [1.165, 1.54) is 0 Å². The number of carbonyl (C=O) groups excluding carboxylic acids is 1. The maximum atomic E-state index is 11.5. The molecule has 1 saturated heterocycles. The molecular formula is C11H21NO2. The molecule has 0 saturated carbocycles. The number of esters is 1. The van der Waals surface area contributed by atoms with Crippen LogP contribution in [0, 0.1) is 5.92 Å². The second kappa shape index (κ2) is 6.02. The van der Waals surface area contributed by atoms with Crippen molar-refractivity contribution in [3.05, 3.63) is 0 Å². The van der Waals surface area contributed by atoms with Gasteiger partial charge in [-0.15, -0.1) is 0 Å². The number of rotatable bonds is 4. The fraction of sp³-hybridized carbons (Fsp3) is 0.909. The summed E-state index contributed by atoms with van der Waals surface area (Å²) in [6.45, 7) is 7.69. The summed E-state index contributed by atoms with van der Waals surface area (Å²) < 4.78 is 5.04. The molecule has 1 aliphatic rings. The van der Waals surface area contributed by atoms with Crippen molar-refractivity contribution in [2.45, 2.75) is 33.1 Å². The molecule has 1 aliphatic heterocycles. The van der Waals surface area contributed by atoms with E-state index < -0.39 is 0 Å². The quantitative estimate of drug-likeness (QED) is 0.645. The Labute approximate surface area is 86.4 Å². The van der Waals surface area contributed by atoms with Gasteiger partial charge >= 0.3 is 5.97 Å². The highest BCUT2D eigenvalue weighted by Crippen LogP contribution is 2.17. The molecule has 0 amide bonds. The molecule has 0 bridgehead atoms. The summed E-state index contributed by atoms with van der Waals surface area (Å²) >= 11 is 0. The molecule has 3 heteroatoms. The van der Waals surface area contributed by atoms with Gasteiger partial charge in [-0.1, -0.05) is 6.92 Å². The summed E-state index contributed by atoms with van der Waals surface area (Å²) in [5.74, 6) is 0.114. The van der Waals surface area contributed by atoms with Gasteiger partial charge in [-0.05, 0) is 39.3 Å².